The van der Waals surface area contributed by atoms with Crippen molar-refractivity contribution in [1.82, 2.24) is 9.78 Å². The molecule has 0 fully saturated rings. The molecular formula is C8H14N2O. The van der Waals surface area contributed by atoms with Crippen molar-refractivity contribution < 1.29 is 5.11 Å². The fraction of sp³-hybridized carbons (Fsp3) is 0.625. The monoisotopic (exact) mass is 154 g/mol. The largest absolute Gasteiger partial charge is 0.393 e. The molecule has 62 valence electrons. The maximum absolute atomic E-state index is 9.23. The van der Waals surface area contributed by atoms with Gasteiger partial charge in [-0.25, -0.2) is 0 Å². The second-order valence-corrected chi connectivity index (χ2v) is 2.94. The predicted molar refractivity (Wildman–Crippen MR) is 43.3 cm³/mol. The summed E-state index contributed by atoms with van der Waals surface area (Å²) in [4.78, 5) is 0. The van der Waals surface area contributed by atoms with Gasteiger partial charge >= 0.3 is 0 Å². The SMILES string of the molecule is CC(O)C(C)c1ccn(C)n1. The molecule has 0 aliphatic rings. The topological polar surface area (TPSA) is 38.0 Å². The van der Waals surface area contributed by atoms with Gasteiger partial charge in [0.2, 0.25) is 0 Å². The molecule has 0 saturated heterocycles. The highest BCUT2D eigenvalue weighted by Crippen LogP contribution is 2.15. The first-order valence-electron chi connectivity index (χ1n) is 3.79. The molecule has 1 N–H and O–H groups in total. The molecule has 0 bridgehead atoms. The van der Waals surface area contributed by atoms with Gasteiger partial charge in [0.25, 0.3) is 0 Å². The Kier molecular flexibility index (Phi) is 2.29. The Morgan fingerprint density at radius 3 is 2.55 bits per heavy atom. The zero-order valence-corrected chi connectivity index (χ0v) is 7.15. The molecule has 0 saturated carbocycles. The molecule has 1 aromatic heterocycles. The molecule has 1 aromatic rings. The zero-order chi connectivity index (χ0) is 8.43. The van der Waals surface area contributed by atoms with Crippen LogP contribution >= 0.6 is 0 Å². The van der Waals surface area contributed by atoms with E-state index in [9.17, 15) is 5.11 Å². The first-order valence-corrected chi connectivity index (χ1v) is 3.79. The van der Waals surface area contributed by atoms with Crippen LogP contribution in [-0.4, -0.2) is 21.0 Å². The van der Waals surface area contributed by atoms with Gasteiger partial charge in [0.1, 0.15) is 0 Å². The lowest BCUT2D eigenvalue weighted by atomic mass is 10.0. The van der Waals surface area contributed by atoms with E-state index in [0.717, 1.165) is 5.69 Å². The summed E-state index contributed by atoms with van der Waals surface area (Å²) in [6.07, 6.45) is 1.55. The van der Waals surface area contributed by atoms with E-state index in [1.54, 1.807) is 11.6 Å². The lowest BCUT2D eigenvalue weighted by Crippen LogP contribution is -2.11. The Morgan fingerprint density at radius 2 is 2.18 bits per heavy atom. The first-order chi connectivity index (χ1) is 5.11. The second kappa shape index (κ2) is 3.05. The van der Waals surface area contributed by atoms with Gasteiger partial charge in [-0.15, -0.1) is 0 Å². The van der Waals surface area contributed by atoms with Crippen molar-refractivity contribution >= 4 is 0 Å². The van der Waals surface area contributed by atoms with Crippen LogP contribution in [0.1, 0.15) is 25.5 Å². The average molecular weight is 154 g/mol. The van der Waals surface area contributed by atoms with Crippen molar-refractivity contribution in [2.24, 2.45) is 7.05 Å². The van der Waals surface area contributed by atoms with E-state index in [-0.39, 0.29) is 12.0 Å². The summed E-state index contributed by atoms with van der Waals surface area (Å²) in [6.45, 7) is 3.74. The summed E-state index contributed by atoms with van der Waals surface area (Å²) in [5, 5.41) is 13.4. The molecule has 0 aromatic carbocycles. The average Bonchev–Trinajstić information content (AvgIpc) is 2.34. The minimum atomic E-state index is -0.329. The van der Waals surface area contributed by atoms with E-state index >= 15 is 0 Å². The second-order valence-electron chi connectivity index (χ2n) is 2.94. The molecule has 0 aliphatic heterocycles. The Labute approximate surface area is 66.7 Å². The van der Waals surface area contributed by atoms with Crippen LogP contribution in [0.3, 0.4) is 0 Å². The van der Waals surface area contributed by atoms with Crippen LogP contribution in [0.5, 0.6) is 0 Å². The minimum absolute atomic E-state index is 0.121. The van der Waals surface area contributed by atoms with Crippen molar-refractivity contribution in [3.63, 3.8) is 0 Å². The fourth-order valence-corrected chi connectivity index (χ4v) is 0.923. The van der Waals surface area contributed by atoms with Crippen LogP contribution in [0.15, 0.2) is 12.3 Å². The maximum Gasteiger partial charge on any atom is 0.0678 e. The minimum Gasteiger partial charge on any atom is -0.393 e. The Morgan fingerprint density at radius 1 is 1.55 bits per heavy atom. The Bertz CT molecular complexity index is 230. The van der Waals surface area contributed by atoms with Crippen LogP contribution in [0.25, 0.3) is 0 Å². The molecule has 2 unspecified atom stereocenters. The van der Waals surface area contributed by atoms with Gasteiger partial charge in [0.05, 0.1) is 11.8 Å². The number of hydrogen-bond acceptors (Lipinski definition) is 2. The van der Waals surface area contributed by atoms with Crippen molar-refractivity contribution in [2.75, 3.05) is 0 Å². The van der Waals surface area contributed by atoms with Gasteiger partial charge in [-0.05, 0) is 13.0 Å². The zero-order valence-electron chi connectivity index (χ0n) is 7.15. The van der Waals surface area contributed by atoms with Crippen molar-refractivity contribution in [1.29, 1.82) is 0 Å². The highest BCUT2D eigenvalue weighted by atomic mass is 16.3. The van der Waals surface area contributed by atoms with Gasteiger partial charge in [-0.3, -0.25) is 4.68 Å². The van der Waals surface area contributed by atoms with Gasteiger partial charge in [-0.1, -0.05) is 6.92 Å². The number of nitrogens with zero attached hydrogens (tertiary/aromatic N) is 2. The normalized spacial score (nSPS) is 16.4. The van der Waals surface area contributed by atoms with Gasteiger partial charge < -0.3 is 5.11 Å². The van der Waals surface area contributed by atoms with Gasteiger partial charge in [0.15, 0.2) is 0 Å². The van der Waals surface area contributed by atoms with E-state index < -0.39 is 0 Å². The summed E-state index contributed by atoms with van der Waals surface area (Å²) in [5.41, 5.74) is 0.947. The standard InChI is InChI=1S/C8H14N2O/c1-6(7(2)11)8-4-5-10(3)9-8/h4-7,11H,1-3H3. The van der Waals surface area contributed by atoms with E-state index in [1.807, 2.05) is 26.2 Å². The van der Waals surface area contributed by atoms with Crippen molar-refractivity contribution in [2.45, 2.75) is 25.9 Å². The molecule has 0 aliphatic carbocycles. The van der Waals surface area contributed by atoms with Crippen LogP contribution in [0, 0.1) is 0 Å². The van der Waals surface area contributed by atoms with Crippen LogP contribution in [-0.2, 0) is 7.05 Å². The smallest absolute Gasteiger partial charge is 0.0678 e. The van der Waals surface area contributed by atoms with Crippen molar-refractivity contribution in [3.8, 4) is 0 Å². The number of rotatable bonds is 2. The summed E-state index contributed by atoms with van der Waals surface area (Å²) < 4.78 is 1.74. The van der Waals surface area contributed by atoms with Crippen LogP contribution in [0.2, 0.25) is 0 Å². The maximum atomic E-state index is 9.23. The number of aromatic nitrogens is 2. The fourth-order valence-electron chi connectivity index (χ4n) is 0.923. The molecule has 11 heavy (non-hydrogen) atoms. The lowest BCUT2D eigenvalue weighted by Gasteiger charge is -2.10. The number of aliphatic hydroxyl groups excluding tert-OH is 1. The highest BCUT2D eigenvalue weighted by molar-refractivity contribution is 5.06. The number of aliphatic hydroxyl groups is 1. The highest BCUT2D eigenvalue weighted by Gasteiger charge is 2.13. The van der Waals surface area contributed by atoms with Crippen LogP contribution < -0.4 is 0 Å². The molecule has 0 spiro atoms. The molecular weight excluding hydrogens is 140 g/mol. The molecule has 3 heteroatoms. The molecule has 2 atom stereocenters. The summed E-state index contributed by atoms with van der Waals surface area (Å²) >= 11 is 0. The predicted octanol–water partition coefficient (Wildman–Crippen LogP) is 0.904. The molecule has 0 radical (unpaired) electrons. The third-order valence-electron chi connectivity index (χ3n) is 1.92. The Balaban J connectivity index is 2.76. The third kappa shape index (κ3) is 1.80. The number of hydrogen-bond donors (Lipinski definition) is 1. The molecule has 0 amide bonds. The van der Waals surface area contributed by atoms with E-state index in [4.69, 9.17) is 0 Å². The third-order valence-corrected chi connectivity index (χ3v) is 1.92. The lowest BCUT2D eigenvalue weighted by molar-refractivity contribution is 0.167. The van der Waals surface area contributed by atoms with E-state index in [2.05, 4.69) is 5.10 Å². The van der Waals surface area contributed by atoms with E-state index in [1.165, 1.54) is 0 Å². The number of aryl methyl sites for hydroxylation is 1. The van der Waals surface area contributed by atoms with Gasteiger partial charge in [-0.2, -0.15) is 5.10 Å². The summed E-state index contributed by atoms with van der Waals surface area (Å²) in [5.74, 6) is 0.121. The van der Waals surface area contributed by atoms with Gasteiger partial charge in [0, 0.05) is 19.2 Å². The van der Waals surface area contributed by atoms with Crippen molar-refractivity contribution in [3.05, 3.63) is 18.0 Å². The Hall–Kier alpha value is -0.830. The molecule has 1 heterocycles. The summed E-state index contributed by atoms with van der Waals surface area (Å²) in [7, 11) is 1.87. The molecule has 3 nitrogen and oxygen atoms in total. The van der Waals surface area contributed by atoms with Crippen LogP contribution in [0.4, 0.5) is 0 Å². The van der Waals surface area contributed by atoms with E-state index in [0.29, 0.717) is 0 Å². The molecule has 1 rings (SSSR count). The quantitative estimate of drug-likeness (QED) is 0.687. The first kappa shape index (κ1) is 8.27. The summed E-state index contributed by atoms with van der Waals surface area (Å²) in [6, 6.07) is 1.93.